The minimum Gasteiger partial charge on any atom is -0.350 e. The molecule has 114 valence electrons. The van der Waals surface area contributed by atoms with Gasteiger partial charge >= 0.3 is 0 Å². The van der Waals surface area contributed by atoms with Gasteiger partial charge in [0.1, 0.15) is 5.69 Å². The number of non-ortho nitro benzene ring substituents is 1. The molecule has 0 aliphatic rings. The predicted molar refractivity (Wildman–Crippen MR) is 85.6 cm³/mol. The van der Waals surface area contributed by atoms with E-state index in [1.54, 1.807) is 24.3 Å². The Balaban J connectivity index is 1.93. The number of nitro benzene ring substituents is 1. The summed E-state index contributed by atoms with van der Waals surface area (Å²) in [6, 6.07) is 13.6. The summed E-state index contributed by atoms with van der Waals surface area (Å²) in [6.07, 6.45) is 0. The lowest BCUT2D eigenvalue weighted by molar-refractivity contribution is -0.384. The smallest absolute Gasteiger partial charge is 0.272 e. The number of amides is 1. The Morgan fingerprint density at radius 1 is 1.09 bits per heavy atom. The maximum Gasteiger partial charge on any atom is 0.272 e. The van der Waals surface area contributed by atoms with Crippen LogP contribution in [0.1, 0.15) is 10.5 Å². The van der Waals surface area contributed by atoms with Gasteiger partial charge in [-0.15, -0.1) is 0 Å². The van der Waals surface area contributed by atoms with E-state index in [4.69, 9.17) is 0 Å². The van der Waals surface area contributed by atoms with E-state index in [1.165, 1.54) is 30.3 Å². The van der Waals surface area contributed by atoms with Crippen molar-refractivity contribution in [2.45, 2.75) is 0 Å². The Kier molecular flexibility index (Phi) is 3.60. The Labute approximate surface area is 129 Å². The van der Waals surface area contributed by atoms with Crippen LogP contribution in [-0.4, -0.2) is 15.8 Å². The first-order chi connectivity index (χ1) is 11.0. The van der Waals surface area contributed by atoms with Crippen LogP contribution in [0.2, 0.25) is 0 Å². The maximum absolute atomic E-state index is 12.2. The number of hydrogen-bond acceptors (Lipinski definition) is 4. The number of anilines is 1. The first-order valence-corrected chi connectivity index (χ1v) is 6.72. The number of nitro groups is 1. The number of carbonyl (C=O) groups excluding carboxylic acids is 1. The molecule has 23 heavy (non-hydrogen) atoms. The van der Waals surface area contributed by atoms with Crippen LogP contribution in [0.4, 0.5) is 11.4 Å². The number of para-hydroxylation sites is 1. The molecule has 0 atom stereocenters. The fourth-order valence-electron chi connectivity index (χ4n) is 2.21. The number of nitrogens with zero attached hydrogens (tertiary/aromatic N) is 1. The van der Waals surface area contributed by atoms with E-state index in [0.29, 0.717) is 10.9 Å². The van der Waals surface area contributed by atoms with Crippen molar-refractivity contribution >= 4 is 28.2 Å². The summed E-state index contributed by atoms with van der Waals surface area (Å²) in [7, 11) is 0. The number of pyridine rings is 1. The number of nitrogens with one attached hydrogen (secondary N) is 2. The molecule has 0 saturated heterocycles. The van der Waals surface area contributed by atoms with Gasteiger partial charge in [0.05, 0.1) is 4.92 Å². The number of benzene rings is 2. The van der Waals surface area contributed by atoms with Gasteiger partial charge in [0.15, 0.2) is 5.43 Å². The molecule has 3 rings (SSSR count). The molecule has 0 saturated carbocycles. The van der Waals surface area contributed by atoms with Gasteiger partial charge < -0.3 is 10.3 Å². The number of H-pyrrole nitrogens is 1. The molecule has 2 aromatic carbocycles. The van der Waals surface area contributed by atoms with Gasteiger partial charge in [-0.1, -0.05) is 18.2 Å². The summed E-state index contributed by atoms with van der Waals surface area (Å²) >= 11 is 0. The second kappa shape index (κ2) is 5.72. The van der Waals surface area contributed by atoms with Crippen molar-refractivity contribution < 1.29 is 9.72 Å². The van der Waals surface area contributed by atoms with E-state index < -0.39 is 10.8 Å². The minimum absolute atomic E-state index is 0.0835. The zero-order valence-corrected chi connectivity index (χ0v) is 11.8. The highest BCUT2D eigenvalue weighted by Gasteiger charge is 2.12. The van der Waals surface area contributed by atoms with E-state index in [-0.39, 0.29) is 22.5 Å². The van der Waals surface area contributed by atoms with Crippen molar-refractivity contribution in [3.05, 3.63) is 80.6 Å². The third kappa shape index (κ3) is 2.93. The van der Waals surface area contributed by atoms with Crippen molar-refractivity contribution in [2.24, 2.45) is 0 Å². The Bertz CT molecular complexity index is 978. The highest BCUT2D eigenvalue weighted by atomic mass is 16.6. The van der Waals surface area contributed by atoms with Crippen LogP contribution in [-0.2, 0) is 0 Å². The molecule has 0 fully saturated rings. The summed E-state index contributed by atoms with van der Waals surface area (Å²) in [5.74, 6) is -0.548. The second-order valence-electron chi connectivity index (χ2n) is 4.85. The molecule has 0 aliphatic carbocycles. The summed E-state index contributed by atoms with van der Waals surface area (Å²) in [6.45, 7) is 0. The molecule has 0 spiro atoms. The molecule has 0 radical (unpaired) electrons. The van der Waals surface area contributed by atoms with E-state index in [9.17, 15) is 19.7 Å². The SMILES string of the molecule is O=C(Nc1cccc([N+](=O)[O-])c1)c1cc(=O)c2ccccc2[nH]1. The number of hydrogen-bond donors (Lipinski definition) is 2. The van der Waals surface area contributed by atoms with Gasteiger partial charge in [-0.3, -0.25) is 19.7 Å². The molecule has 1 amide bonds. The zero-order valence-electron chi connectivity index (χ0n) is 11.8. The monoisotopic (exact) mass is 309 g/mol. The first-order valence-electron chi connectivity index (χ1n) is 6.72. The molecule has 1 aromatic heterocycles. The number of rotatable bonds is 3. The lowest BCUT2D eigenvalue weighted by atomic mass is 10.2. The van der Waals surface area contributed by atoms with Gasteiger partial charge in [-0.2, -0.15) is 0 Å². The minimum atomic E-state index is -0.548. The molecule has 0 aliphatic heterocycles. The second-order valence-corrected chi connectivity index (χ2v) is 4.85. The molecule has 3 aromatic rings. The quantitative estimate of drug-likeness (QED) is 0.573. The maximum atomic E-state index is 12.2. The average Bonchev–Trinajstić information content (AvgIpc) is 2.55. The summed E-state index contributed by atoms with van der Waals surface area (Å²) in [5.41, 5.74) is 0.501. The van der Waals surface area contributed by atoms with E-state index in [0.717, 1.165) is 0 Å². The van der Waals surface area contributed by atoms with Crippen molar-refractivity contribution in [3.63, 3.8) is 0 Å². The highest BCUT2D eigenvalue weighted by Crippen LogP contribution is 2.17. The van der Waals surface area contributed by atoms with Gasteiger partial charge in [-0.25, -0.2) is 0 Å². The predicted octanol–water partition coefficient (Wildman–Crippen LogP) is 2.69. The third-order valence-electron chi connectivity index (χ3n) is 3.30. The van der Waals surface area contributed by atoms with Crippen molar-refractivity contribution in [1.82, 2.24) is 4.98 Å². The summed E-state index contributed by atoms with van der Waals surface area (Å²) < 4.78 is 0. The topological polar surface area (TPSA) is 105 Å². The van der Waals surface area contributed by atoms with Crippen molar-refractivity contribution in [1.29, 1.82) is 0 Å². The third-order valence-corrected chi connectivity index (χ3v) is 3.30. The van der Waals surface area contributed by atoms with Crippen LogP contribution < -0.4 is 10.7 Å². The Morgan fingerprint density at radius 2 is 1.87 bits per heavy atom. The summed E-state index contributed by atoms with van der Waals surface area (Å²) in [4.78, 5) is 37.3. The van der Waals surface area contributed by atoms with Gasteiger partial charge in [0, 0.05) is 34.8 Å². The van der Waals surface area contributed by atoms with Crippen LogP contribution in [0.25, 0.3) is 10.9 Å². The standard InChI is InChI=1S/C16H11N3O4/c20-15-9-14(18-13-7-2-1-6-12(13)15)16(21)17-10-4-3-5-11(8-10)19(22)23/h1-9H,(H,17,21)(H,18,20). The molecular weight excluding hydrogens is 298 g/mol. The summed E-state index contributed by atoms with van der Waals surface area (Å²) in [5, 5.41) is 13.8. The van der Waals surface area contributed by atoms with Gasteiger partial charge in [-0.05, 0) is 18.2 Å². The van der Waals surface area contributed by atoms with Crippen LogP contribution >= 0.6 is 0 Å². The molecule has 2 N–H and O–H groups in total. The largest absolute Gasteiger partial charge is 0.350 e. The fourth-order valence-corrected chi connectivity index (χ4v) is 2.21. The van der Waals surface area contributed by atoms with E-state index >= 15 is 0 Å². The van der Waals surface area contributed by atoms with Crippen LogP contribution in [0, 0.1) is 10.1 Å². The first kappa shape index (κ1) is 14.5. The molecular formula is C16H11N3O4. The molecule has 7 heteroatoms. The number of aromatic nitrogens is 1. The molecule has 0 bridgehead atoms. The lowest BCUT2D eigenvalue weighted by Crippen LogP contribution is -2.17. The zero-order chi connectivity index (χ0) is 16.4. The molecule has 1 heterocycles. The molecule has 0 unspecified atom stereocenters. The van der Waals surface area contributed by atoms with Crippen LogP contribution in [0.15, 0.2) is 59.4 Å². The fraction of sp³-hybridized carbons (Fsp3) is 0. The number of aromatic amines is 1. The Morgan fingerprint density at radius 3 is 2.65 bits per heavy atom. The van der Waals surface area contributed by atoms with Gasteiger partial charge in [0.2, 0.25) is 0 Å². The molecule has 7 nitrogen and oxygen atoms in total. The van der Waals surface area contributed by atoms with Crippen molar-refractivity contribution in [3.8, 4) is 0 Å². The highest BCUT2D eigenvalue weighted by molar-refractivity contribution is 6.04. The number of carbonyl (C=O) groups is 1. The van der Waals surface area contributed by atoms with Crippen LogP contribution in [0.3, 0.4) is 0 Å². The van der Waals surface area contributed by atoms with E-state index in [1.807, 2.05) is 0 Å². The lowest BCUT2D eigenvalue weighted by Gasteiger charge is -2.06. The average molecular weight is 309 g/mol. The normalized spacial score (nSPS) is 10.4. The van der Waals surface area contributed by atoms with Crippen molar-refractivity contribution in [2.75, 3.05) is 5.32 Å². The van der Waals surface area contributed by atoms with Crippen LogP contribution in [0.5, 0.6) is 0 Å². The van der Waals surface area contributed by atoms with E-state index in [2.05, 4.69) is 10.3 Å². The van der Waals surface area contributed by atoms with Gasteiger partial charge in [0.25, 0.3) is 11.6 Å². The number of fused-ring (bicyclic) bond motifs is 1. The Hall–Kier alpha value is -3.48.